The minimum Gasteiger partial charge on any atom is -0.497 e. The first-order valence-electron chi connectivity index (χ1n) is 5.62. The van der Waals surface area contributed by atoms with Crippen molar-refractivity contribution in [1.82, 2.24) is 4.98 Å². The highest BCUT2D eigenvalue weighted by atomic mass is 16.5. The molecule has 1 N–H and O–H groups in total. The molecule has 0 saturated heterocycles. The zero-order valence-corrected chi connectivity index (χ0v) is 10.7. The molecule has 2 aromatic rings. The normalized spacial score (nSPS) is 9.53. The molecule has 0 saturated carbocycles. The number of ether oxygens (including phenoxy) is 2. The molecule has 0 aliphatic carbocycles. The number of pyridine rings is 1. The van der Waals surface area contributed by atoms with Gasteiger partial charge >= 0.3 is 0 Å². The fourth-order valence-corrected chi connectivity index (χ4v) is 1.65. The van der Waals surface area contributed by atoms with Gasteiger partial charge < -0.3 is 14.8 Å². The highest BCUT2D eigenvalue weighted by Gasteiger charge is 2.08. The van der Waals surface area contributed by atoms with Crippen LogP contribution in [0.25, 0.3) is 0 Å². The smallest absolute Gasteiger partial charge is 0.163 e. The number of nitriles is 1. The lowest BCUT2D eigenvalue weighted by atomic mass is 10.2. The van der Waals surface area contributed by atoms with Crippen LogP contribution >= 0.6 is 0 Å². The van der Waals surface area contributed by atoms with Crippen LogP contribution in [0, 0.1) is 11.3 Å². The van der Waals surface area contributed by atoms with E-state index in [0.717, 1.165) is 0 Å². The van der Waals surface area contributed by atoms with E-state index >= 15 is 0 Å². The number of nitrogens with zero attached hydrogens (tertiary/aromatic N) is 2. The van der Waals surface area contributed by atoms with Crippen LogP contribution in [0.1, 0.15) is 5.69 Å². The van der Waals surface area contributed by atoms with E-state index in [-0.39, 0.29) is 0 Å². The van der Waals surface area contributed by atoms with Gasteiger partial charge in [0.1, 0.15) is 17.6 Å². The number of rotatable bonds is 4. The number of methoxy groups -OCH3 is 2. The van der Waals surface area contributed by atoms with E-state index in [9.17, 15) is 0 Å². The molecule has 0 radical (unpaired) electrons. The second kappa shape index (κ2) is 5.74. The van der Waals surface area contributed by atoms with Crippen LogP contribution in [0.4, 0.5) is 11.4 Å². The predicted octanol–water partition coefficient (Wildman–Crippen LogP) is 2.71. The fraction of sp³-hybridized carbons (Fsp3) is 0.143. The van der Waals surface area contributed by atoms with E-state index in [1.165, 1.54) is 0 Å². The molecule has 1 aromatic carbocycles. The molecule has 0 aliphatic rings. The van der Waals surface area contributed by atoms with Crippen LogP contribution in [-0.2, 0) is 0 Å². The Kier molecular flexibility index (Phi) is 3.84. The van der Waals surface area contributed by atoms with Crippen LogP contribution in [0.5, 0.6) is 11.5 Å². The van der Waals surface area contributed by atoms with Gasteiger partial charge in [-0.3, -0.25) is 0 Å². The van der Waals surface area contributed by atoms with Gasteiger partial charge in [-0.2, -0.15) is 5.26 Å². The average Bonchev–Trinajstić information content (AvgIpc) is 2.47. The Bertz CT molecular complexity index is 620. The van der Waals surface area contributed by atoms with Crippen molar-refractivity contribution in [1.29, 1.82) is 5.26 Å². The first-order valence-corrected chi connectivity index (χ1v) is 5.62. The molecule has 0 bridgehead atoms. The zero-order valence-electron chi connectivity index (χ0n) is 10.7. The Labute approximate surface area is 111 Å². The lowest BCUT2D eigenvalue weighted by Crippen LogP contribution is -1.98. The third kappa shape index (κ3) is 2.75. The standard InChI is InChI=1S/C14H13N3O2/c1-18-10-5-6-14(19-2)12(8-10)17-11-4-3-7-16-13(11)9-15/h3-8,17H,1-2H3. The van der Waals surface area contributed by atoms with Crippen LogP contribution in [0.15, 0.2) is 36.5 Å². The van der Waals surface area contributed by atoms with Crippen LogP contribution < -0.4 is 14.8 Å². The average molecular weight is 255 g/mol. The van der Waals surface area contributed by atoms with Crippen LogP contribution in [0.2, 0.25) is 0 Å². The van der Waals surface area contributed by atoms with Crippen molar-refractivity contribution in [2.75, 3.05) is 19.5 Å². The maximum Gasteiger partial charge on any atom is 0.163 e. The van der Waals surface area contributed by atoms with E-state index in [0.29, 0.717) is 28.6 Å². The summed E-state index contributed by atoms with van der Waals surface area (Å²) in [5.74, 6) is 1.36. The minimum absolute atomic E-state index is 0.326. The molecule has 0 spiro atoms. The number of hydrogen-bond donors (Lipinski definition) is 1. The van der Waals surface area contributed by atoms with Crippen LogP contribution in [0.3, 0.4) is 0 Å². The molecule has 96 valence electrons. The first kappa shape index (κ1) is 12.7. The van der Waals surface area contributed by atoms with E-state index in [2.05, 4.69) is 10.3 Å². The molecule has 0 fully saturated rings. The molecular weight excluding hydrogens is 242 g/mol. The van der Waals surface area contributed by atoms with Gasteiger partial charge in [0.25, 0.3) is 0 Å². The van der Waals surface area contributed by atoms with Crippen molar-refractivity contribution in [3.63, 3.8) is 0 Å². The van der Waals surface area contributed by atoms with E-state index in [4.69, 9.17) is 14.7 Å². The SMILES string of the molecule is COc1ccc(OC)c(Nc2cccnc2C#N)c1. The van der Waals surface area contributed by atoms with Crippen molar-refractivity contribution in [2.24, 2.45) is 0 Å². The summed E-state index contributed by atoms with van der Waals surface area (Å²) in [7, 11) is 3.18. The second-order valence-corrected chi connectivity index (χ2v) is 3.70. The maximum atomic E-state index is 9.02. The van der Waals surface area contributed by atoms with Crippen molar-refractivity contribution in [3.8, 4) is 17.6 Å². The fourth-order valence-electron chi connectivity index (χ4n) is 1.65. The number of benzene rings is 1. The number of anilines is 2. The maximum absolute atomic E-state index is 9.02. The molecule has 5 heteroatoms. The van der Waals surface area contributed by atoms with Gasteiger partial charge in [0.2, 0.25) is 0 Å². The first-order chi connectivity index (χ1) is 9.28. The summed E-state index contributed by atoms with van der Waals surface area (Å²) in [6.45, 7) is 0. The molecule has 1 aromatic heterocycles. The summed E-state index contributed by atoms with van der Waals surface area (Å²) in [4.78, 5) is 4.00. The lowest BCUT2D eigenvalue weighted by Gasteiger charge is -2.13. The highest BCUT2D eigenvalue weighted by molar-refractivity contribution is 5.70. The number of nitrogens with one attached hydrogen (secondary N) is 1. The molecule has 0 aliphatic heterocycles. The van der Waals surface area contributed by atoms with Crippen molar-refractivity contribution in [3.05, 3.63) is 42.2 Å². The summed E-state index contributed by atoms with van der Waals surface area (Å²) >= 11 is 0. The summed E-state index contributed by atoms with van der Waals surface area (Å²) in [6.07, 6.45) is 1.58. The molecule has 2 rings (SSSR count). The Morgan fingerprint density at radius 3 is 2.68 bits per heavy atom. The third-order valence-electron chi connectivity index (χ3n) is 2.59. The van der Waals surface area contributed by atoms with Gasteiger partial charge in [-0.25, -0.2) is 4.98 Å². The summed E-state index contributed by atoms with van der Waals surface area (Å²) in [5, 5.41) is 12.1. The van der Waals surface area contributed by atoms with Crippen molar-refractivity contribution < 1.29 is 9.47 Å². The van der Waals surface area contributed by atoms with Gasteiger partial charge in [-0.1, -0.05) is 0 Å². The molecule has 19 heavy (non-hydrogen) atoms. The van der Waals surface area contributed by atoms with Gasteiger partial charge in [-0.05, 0) is 24.3 Å². The Morgan fingerprint density at radius 2 is 2.00 bits per heavy atom. The Hall–Kier alpha value is -2.74. The molecule has 0 amide bonds. The van der Waals surface area contributed by atoms with Gasteiger partial charge in [0.15, 0.2) is 5.69 Å². The van der Waals surface area contributed by atoms with Crippen molar-refractivity contribution >= 4 is 11.4 Å². The minimum atomic E-state index is 0.326. The topological polar surface area (TPSA) is 67.2 Å². The molecule has 0 unspecified atom stereocenters. The van der Waals surface area contributed by atoms with Gasteiger partial charge in [0.05, 0.1) is 25.6 Å². The molecular formula is C14H13N3O2. The van der Waals surface area contributed by atoms with Crippen molar-refractivity contribution in [2.45, 2.75) is 0 Å². The summed E-state index contributed by atoms with van der Waals surface area (Å²) in [6, 6.07) is 11.0. The quantitative estimate of drug-likeness (QED) is 0.909. The van der Waals surface area contributed by atoms with Gasteiger partial charge in [0, 0.05) is 12.3 Å². The predicted molar refractivity (Wildman–Crippen MR) is 71.8 cm³/mol. The molecule has 0 atom stereocenters. The second-order valence-electron chi connectivity index (χ2n) is 3.70. The number of hydrogen-bond acceptors (Lipinski definition) is 5. The molecule has 1 heterocycles. The summed E-state index contributed by atoms with van der Waals surface area (Å²) < 4.78 is 10.4. The van der Waals surface area contributed by atoms with E-state index < -0.39 is 0 Å². The zero-order chi connectivity index (χ0) is 13.7. The third-order valence-corrected chi connectivity index (χ3v) is 2.59. The van der Waals surface area contributed by atoms with E-state index in [1.807, 2.05) is 6.07 Å². The molecule has 5 nitrogen and oxygen atoms in total. The van der Waals surface area contributed by atoms with Gasteiger partial charge in [-0.15, -0.1) is 0 Å². The van der Waals surface area contributed by atoms with Crippen LogP contribution in [-0.4, -0.2) is 19.2 Å². The lowest BCUT2D eigenvalue weighted by molar-refractivity contribution is 0.405. The highest BCUT2D eigenvalue weighted by Crippen LogP contribution is 2.31. The van der Waals surface area contributed by atoms with E-state index in [1.54, 1.807) is 50.7 Å². The Balaban J connectivity index is 2.39. The number of aromatic nitrogens is 1. The summed E-state index contributed by atoms with van der Waals surface area (Å²) in [5.41, 5.74) is 1.66. The monoisotopic (exact) mass is 255 g/mol. The largest absolute Gasteiger partial charge is 0.497 e. The Morgan fingerprint density at radius 1 is 1.16 bits per heavy atom.